The molecule has 16 nitrogen and oxygen atoms in total. The molecule has 2 aromatic heterocycles. The predicted molar refractivity (Wildman–Crippen MR) is 172 cm³/mol. The van der Waals surface area contributed by atoms with Crippen molar-refractivity contribution in [3.05, 3.63) is 82.3 Å². The highest BCUT2D eigenvalue weighted by atomic mass is 32.2. The molecular formula is C30H27N8O8S2+. The minimum Gasteiger partial charge on any atom is -0.508 e. The molecule has 246 valence electrons. The summed E-state index contributed by atoms with van der Waals surface area (Å²) in [7, 11) is 0. The van der Waals surface area contributed by atoms with Crippen molar-refractivity contribution < 1.29 is 44.0 Å². The summed E-state index contributed by atoms with van der Waals surface area (Å²) >= 11 is 2.22. The fourth-order valence-electron chi connectivity index (χ4n) is 5.60. The number of thiazole rings is 1. The minimum absolute atomic E-state index is 0.00914. The van der Waals surface area contributed by atoms with Crippen LogP contribution in [0.1, 0.15) is 17.7 Å². The number of phenols is 1. The average molecular weight is 692 g/mol. The number of pyridine rings is 1. The lowest BCUT2D eigenvalue weighted by molar-refractivity contribution is -0.684. The normalized spacial score (nSPS) is 20.1. The molecule has 0 aliphatic carbocycles. The van der Waals surface area contributed by atoms with Gasteiger partial charge in [0.1, 0.15) is 28.6 Å². The Morgan fingerprint density at radius 1 is 1.19 bits per heavy atom. The van der Waals surface area contributed by atoms with Crippen LogP contribution in [0.2, 0.25) is 0 Å². The summed E-state index contributed by atoms with van der Waals surface area (Å²) in [5.41, 5.74) is 6.66. The number of rotatable bonds is 9. The Labute approximate surface area is 279 Å². The van der Waals surface area contributed by atoms with Gasteiger partial charge in [-0.25, -0.2) is 9.78 Å². The molecule has 3 aromatic rings. The van der Waals surface area contributed by atoms with E-state index >= 15 is 0 Å². The van der Waals surface area contributed by atoms with Gasteiger partial charge in [0.25, 0.3) is 17.7 Å². The number of nitrogens with one attached hydrogen (secondary N) is 3. The van der Waals surface area contributed by atoms with Gasteiger partial charge in [-0.1, -0.05) is 5.16 Å². The number of aliphatic carboxylic acids is 1. The number of oxime groups is 1. The minimum atomic E-state index is -1.41. The van der Waals surface area contributed by atoms with E-state index < -0.39 is 34.9 Å². The number of anilines is 2. The number of amides is 4. The number of hydrogen-bond donors (Lipinski definition) is 7. The van der Waals surface area contributed by atoms with Crippen LogP contribution in [0.5, 0.6) is 5.75 Å². The number of carboxylic acid groups (broad SMARTS) is 1. The first-order valence-corrected chi connectivity index (χ1v) is 16.2. The smallest absolute Gasteiger partial charge is 0.352 e. The Hall–Kier alpha value is -5.75. The predicted octanol–water partition coefficient (Wildman–Crippen LogP) is 0.248. The number of benzene rings is 1. The Morgan fingerprint density at radius 3 is 2.60 bits per heavy atom. The summed E-state index contributed by atoms with van der Waals surface area (Å²) in [6.07, 6.45) is 3.56. The maximum atomic E-state index is 13.4. The van der Waals surface area contributed by atoms with Crippen molar-refractivity contribution in [1.29, 1.82) is 0 Å². The highest BCUT2D eigenvalue weighted by Crippen LogP contribution is 2.45. The summed E-state index contributed by atoms with van der Waals surface area (Å²) in [6, 6.07) is 8.19. The monoisotopic (exact) mass is 691 g/mol. The summed E-state index contributed by atoms with van der Waals surface area (Å²) in [5, 5.41) is 41.1. The van der Waals surface area contributed by atoms with Gasteiger partial charge in [-0.2, -0.15) is 4.57 Å². The number of nitrogen functional groups attached to an aromatic ring is 1. The molecular weight excluding hydrogens is 665 g/mol. The second-order valence-corrected chi connectivity index (χ2v) is 12.7. The first-order chi connectivity index (χ1) is 23.0. The number of hydrogen-bond acceptors (Lipinski definition) is 12. The molecule has 3 aliphatic rings. The number of aromatic nitrogens is 2. The molecule has 0 saturated carbocycles. The number of β-lactam (4-membered cyclic amide) rings is 1. The number of fused-ring (bicyclic) bond motifs is 1. The fraction of sp³-hybridized carbons (Fsp3) is 0.200. The highest BCUT2D eigenvalue weighted by molar-refractivity contribution is 8.00. The number of phenolic OH excluding ortho intramolecular Hbond substituents is 1. The molecule has 48 heavy (non-hydrogen) atoms. The van der Waals surface area contributed by atoms with Crippen LogP contribution < -0.4 is 26.3 Å². The molecule has 5 heterocycles. The largest absolute Gasteiger partial charge is 0.508 e. The summed E-state index contributed by atoms with van der Waals surface area (Å²) in [5.74, 6) is -3.65. The van der Waals surface area contributed by atoms with E-state index in [1.807, 2.05) is 0 Å². The van der Waals surface area contributed by atoms with E-state index in [1.54, 1.807) is 41.2 Å². The third kappa shape index (κ3) is 6.17. The van der Waals surface area contributed by atoms with Gasteiger partial charge in [-0.3, -0.25) is 24.1 Å². The molecule has 0 bridgehead atoms. The topological polar surface area (TPSA) is 241 Å². The first-order valence-electron chi connectivity index (χ1n) is 14.3. The van der Waals surface area contributed by atoms with Gasteiger partial charge >= 0.3 is 5.97 Å². The Balaban J connectivity index is 1.30. The molecule has 0 unspecified atom stereocenters. The highest BCUT2D eigenvalue weighted by Gasteiger charge is 2.55. The molecule has 6 rings (SSSR count). The van der Waals surface area contributed by atoms with Gasteiger partial charge in [0.2, 0.25) is 12.5 Å². The molecule has 4 amide bonds. The van der Waals surface area contributed by atoms with Gasteiger partial charge in [0.05, 0.1) is 0 Å². The lowest BCUT2D eigenvalue weighted by Gasteiger charge is -2.49. The van der Waals surface area contributed by atoms with Crippen LogP contribution in [-0.4, -0.2) is 84.3 Å². The molecule has 0 radical (unpaired) electrons. The third-order valence-corrected chi connectivity index (χ3v) is 9.65. The van der Waals surface area contributed by atoms with Crippen LogP contribution in [0.15, 0.2) is 76.2 Å². The standard InChI is InChI=1S/C30H26N8O8S2/c31-30-34-19(13-48-30)22(36-46)26(42)35-23-27(43)38-24(29(44)45)18(12-47-28(23)38)21(17-7-8-32-25(17)41)14-2-1-9-37(10-14)11-20(40)33-15-3-5-16(39)6-4-15/h1-6,9-10,13,23,28H,7-8,11-12H2,(H7-,31,32,33,34,35,36,39,40,41,42,44,45,46)/p+1/t23-,28-/m1/s1. The van der Waals surface area contributed by atoms with Crippen molar-refractivity contribution in [1.82, 2.24) is 20.5 Å². The van der Waals surface area contributed by atoms with Crippen molar-refractivity contribution in [2.45, 2.75) is 24.4 Å². The van der Waals surface area contributed by atoms with Crippen molar-refractivity contribution in [3.63, 3.8) is 0 Å². The summed E-state index contributed by atoms with van der Waals surface area (Å²) in [6.45, 7) is 0.213. The number of thioether (sulfide) groups is 1. The van der Waals surface area contributed by atoms with Crippen molar-refractivity contribution >= 4 is 74.8 Å². The van der Waals surface area contributed by atoms with E-state index in [1.165, 1.54) is 29.3 Å². The van der Waals surface area contributed by atoms with E-state index in [2.05, 4.69) is 26.1 Å². The summed E-state index contributed by atoms with van der Waals surface area (Å²) < 4.78 is 1.58. The molecule has 1 aromatic carbocycles. The van der Waals surface area contributed by atoms with Crippen LogP contribution in [0.25, 0.3) is 5.57 Å². The van der Waals surface area contributed by atoms with Crippen molar-refractivity contribution in [2.75, 3.05) is 23.3 Å². The number of carboxylic acids is 1. The van der Waals surface area contributed by atoms with Crippen LogP contribution in [0.4, 0.5) is 10.8 Å². The number of allylic oxidation sites excluding steroid dienone is 1. The second-order valence-electron chi connectivity index (χ2n) is 10.7. The first kappa shape index (κ1) is 32.2. The Bertz CT molecular complexity index is 1960. The van der Waals surface area contributed by atoms with E-state index in [9.17, 15) is 39.4 Å². The van der Waals surface area contributed by atoms with Gasteiger partial charge in [-0.05, 0) is 36.8 Å². The molecule has 18 heteroatoms. The number of carbonyl (C=O) groups is 5. The van der Waals surface area contributed by atoms with Gasteiger partial charge in [-0.15, -0.1) is 23.1 Å². The fourth-order valence-corrected chi connectivity index (χ4v) is 7.50. The van der Waals surface area contributed by atoms with Crippen LogP contribution in [0, 0.1) is 0 Å². The zero-order valence-electron chi connectivity index (χ0n) is 24.7. The molecule has 2 atom stereocenters. The second kappa shape index (κ2) is 13.2. The van der Waals surface area contributed by atoms with Crippen molar-refractivity contribution in [3.8, 4) is 5.75 Å². The average Bonchev–Trinajstić information content (AvgIpc) is 3.68. The Morgan fingerprint density at radius 2 is 1.96 bits per heavy atom. The zero-order valence-corrected chi connectivity index (χ0v) is 26.4. The molecule has 3 aliphatic heterocycles. The van der Waals surface area contributed by atoms with E-state index in [0.29, 0.717) is 35.4 Å². The Kier molecular flexibility index (Phi) is 8.83. The maximum absolute atomic E-state index is 13.4. The van der Waals surface area contributed by atoms with Crippen LogP contribution in [0.3, 0.4) is 0 Å². The molecule has 0 spiro atoms. The quantitative estimate of drug-likeness (QED) is 0.0305. The number of carbonyl (C=O) groups excluding carboxylic acids is 4. The number of nitrogens with two attached hydrogens (primary N) is 1. The number of nitrogens with zero attached hydrogens (tertiary/aromatic N) is 4. The zero-order chi connectivity index (χ0) is 34.1. The van der Waals surface area contributed by atoms with Gasteiger partial charge in [0.15, 0.2) is 23.2 Å². The summed E-state index contributed by atoms with van der Waals surface area (Å²) in [4.78, 5) is 70.0. The van der Waals surface area contributed by atoms with Crippen LogP contribution in [-0.2, 0) is 30.5 Å². The SMILES string of the molecule is Nc1nc(C(=NO)C(=O)N[C@@H]2C(=O)N3C(C(=O)O)=C(C(=C4CCNC4=O)c4ccc[n+](CC(=O)Nc5ccc(O)cc5)c4)CS[C@H]23)cs1. The van der Waals surface area contributed by atoms with E-state index in [-0.39, 0.29) is 52.0 Å². The molecule has 8 N–H and O–H groups in total. The van der Waals surface area contributed by atoms with Gasteiger partial charge < -0.3 is 37.1 Å². The van der Waals surface area contributed by atoms with Crippen molar-refractivity contribution in [2.24, 2.45) is 5.16 Å². The lowest BCUT2D eigenvalue weighted by atomic mass is 9.90. The third-order valence-electron chi connectivity index (χ3n) is 7.70. The van der Waals surface area contributed by atoms with E-state index in [0.717, 1.165) is 16.2 Å². The number of aromatic hydroxyl groups is 1. The van der Waals surface area contributed by atoms with E-state index in [4.69, 9.17) is 5.73 Å². The lowest BCUT2D eigenvalue weighted by Crippen LogP contribution is -2.71. The molecule has 2 saturated heterocycles. The van der Waals surface area contributed by atoms with Crippen LogP contribution >= 0.6 is 23.1 Å². The van der Waals surface area contributed by atoms with Gasteiger partial charge in [0, 0.05) is 51.7 Å². The maximum Gasteiger partial charge on any atom is 0.352 e. The molecule has 2 fully saturated rings.